The average Bonchev–Trinajstić information content (AvgIpc) is 2.43. The van der Waals surface area contributed by atoms with Gasteiger partial charge in [0.25, 0.3) is 11.5 Å². The normalized spacial score (nSPS) is 10.3. The zero-order valence-corrected chi connectivity index (χ0v) is 11.5. The first-order chi connectivity index (χ1) is 9.58. The second kappa shape index (κ2) is 6.31. The number of rotatable bonds is 4. The third kappa shape index (κ3) is 3.65. The molecule has 4 N–H and O–H groups in total. The minimum atomic E-state index is -0.445. The Kier molecular flexibility index (Phi) is 4.49. The molecular formula is C12H13N5O2S. The van der Waals surface area contributed by atoms with Crippen LogP contribution < -0.4 is 16.8 Å². The molecule has 0 aromatic carbocycles. The molecule has 0 aliphatic rings. The van der Waals surface area contributed by atoms with Crippen molar-refractivity contribution in [3.8, 4) is 0 Å². The van der Waals surface area contributed by atoms with Crippen molar-refractivity contribution in [2.45, 2.75) is 17.8 Å². The number of hydrogen-bond donors (Lipinski definition) is 3. The zero-order chi connectivity index (χ0) is 14.5. The lowest BCUT2D eigenvalue weighted by Gasteiger charge is -2.03. The van der Waals surface area contributed by atoms with Crippen LogP contribution in [0.25, 0.3) is 0 Å². The van der Waals surface area contributed by atoms with Crippen molar-refractivity contribution in [3.63, 3.8) is 0 Å². The zero-order valence-electron chi connectivity index (χ0n) is 10.7. The molecule has 8 heteroatoms. The van der Waals surface area contributed by atoms with E-state index in [-0.39, 0.29) is 11.3 Å². The molecule has 7 nitrogen and oxygen atoms in total. The summed E-state index contributed by atoms with van der Waals surface area (Å²) in [5.41, 5.74) is 3.43. The minimum Gasteiger partial charge on any atom is -0.301 e. The van der Waals surface area contributed by atoms with Crippen LogP contribution in [0, 0.1) is 6.92 Å². The molecule has 0 saturated heterocycles. The van der Waals surface area contributed by atoms with E-state index in [1.165, 1.54) is 17.8 Å². The van der Waals surface area contributed by atoms with Crippen molar-refractivity contribution in [3.05, 3.63) is 51.7 Å². The van der Waals surface area contributed by atoms with E-state index in [4.69, 9.17) is 5.84 Å². The van der Waals surface area contributed by atoms with Crippen LogP contribution in [-0.4, -0.2) is 20.9 Å². The monoisotopic (exact) mass is 291 g/mol. The number of nitrogens with two attached hydrogens (primary N) is 1. The molecule has 0 aliphatic heterocycles. The number of hydrogen-bond acceptors (Lipinski definition) is 6. The van der Waals surface area contributed by atoms with Crippen molar-refractivity contribution in [1.82, 2.24) is 20.4 Å². The first kappa shape index (κ1) is 14.2. The summed E-state index contributed by atoms with van der Waals surface area (Å²) in [6.07, 6.45) is 0. The second-order valence-electron chi connectivity index (χ2n) is 3.97. The number of amides is 1. The van der Waals surface area contributed by atoms with Gasteiger partial charge >= 0.3 is 0 Å². The fourth-order valence-corrected chi connectivity index (χ4v) is 2.35. The molecule has 1 amide bonds. The van der Waals surface area contributed by atoms with Gasteiger partial charge in [0.1, 0.15) is 5.69 Å². The topological polar surface area (TPSA) is 114 Å². The standard InChI is InChI=1S/C12H13N5O2S/c1-7-5-10(18)16-12(14-7)20-6-8-3-2-4-9(15-8)11(19)17-13/h2-5H,6,13H2,1H3,(H,17,19)(H,14,16,18). The quantitative estimate of drug-likeness (QED) is 0.246. The molecule has 20 heavy (non-hydrogen) atoms. The number of nitrogen functional groups attached to an aromatic ring is 1. The number of hydrazine groups is 1. The van der Waals surface area contributed by atoms with Crippen LogP contribution in [0.4, 0.5) is 0 Å². The lowest BCUT2D eigenvalue weighted by atomic mass is 10.3. The SMILES string of the molecule is Cc1cc(=O)[nH]c(SCc2cccc(C(=O)NN)n2)n1. The summed E-state index contributed by atoms with van der Waals surface area (Å²) in [4.78, 5) is 33.7. The Morgan fingerprint density at radius 2 is 2.25 bits per heavy atom. The number of nitrogens with one attached hydrogen (secondary N) is 2. The van der Waals surface area contributed by atoms with Gasteiger partial charge in [0.15, 0.2) is 5.16 Å². The van der Waals surface area contributed by atoms with Crippen LogP contribution in [0.15, 0.2) is 34.2 Å². The minimum absolute atomic E-state index is 0.191. The lowest BCUT2D eigenvalue weighted by Crippen LogP contribution is -2.30. The van der Waals surface area contributed by atoms with E-state index in [0.717, 1.165) is 0 Å². The van der Waals surface area contributed by atoms with E-state index in [2.05, 4.69) is 15.0 Å². The summed E-state index contributed by atoms with van der Waals surface area (Å²) < 4.78 is 0. The summed E-state index contributed by atoms with van der Waals surface area (Å²) >= 11 is 1.34. The molecule has 0 aliphatic carbocycles. The van der Waals surface area contributed by atoms with E-state index in [1.54, 1.807) is 25.1 Å². The summed E-state index contributed by atoms with van der Waals surface area (Å²) in [5.74, 6) is 5.10. The Labute approximate surface area is 119 Å². The highest BCUT2D eigenvalue weighted by atomic mass is 32.2. The van der Waals surface area contributed by atoms with Crippen molar-refractivity contribution in [1.29, 1.82) is 0 Å². The molecule has 0 bridgehead atoms. The molecule has 2 aromatic heterocycles. The predicted octanol–water partition coefficient (Wildman–Crippen LogP) is 0.369. The van der Waals surface area contributed by atoms with Gasteiger partial charge in [0.2, 0.25) is 0 Å². The molecular weight excluding hydrogens is 278 g/mol. The van der Waals surface area contributed by atoms with Gasteiger partial charge in [-0.2, -0.15) is 0 Å². The Bertz CT molecular complexity index is 686. The Hall–Kier alpha value is -2.19. The Morgan fingerprint density at radius 1 is 1.45 bits per heavy atom. The van der Waals surface area contributed by atoms with Gasteiger partial charge in [0.05, 0.1) is 5.69 Å². The van der Waals surface area contributed by atoms with E-state index < -0.39 is 5.91 Å². The fraction of sp³-hybridized carbons (Fsp3) is 0.167. The molecule has 2 rings (SSSR count). The van der Waals surface area contributed by atoms with Gasteiger partial charge in [0, 0.05) is 17.5 Å². The first-order valence-electron chi connectivity index (χ1n) is 5.76. The highest BCUT2D eigenvalue weighted by Crippen LogP contribution is 2.17. The van der Waals surface area contributed by atoms with Crippen LogP contribution in [0.2, 0.25) is 0 Å². The summed E-state index contributed by atoms with van der Waals surface area (Å²) in [6, 6.07) is 6.51. The van der Waals surface area contributed by atoms with Crippen LogP contribution in [-0.2, 0) is 5.75 Å². The Morgan fingerprint density at radius 3 is 2.95 bits per heavy atom. The van der Waals surface area contributed by atoms with Gasteiger partial charge in [-0.15, -0.1) is 0 Å². The van der Waals surface area contributed by atoms with Crippen molar-refractivity contribution < 1.29 is 4.79 Å². The van der Waals surface area contributed by atoms with Crippen LogP contribution in [0.3, 0.4) is 0 Å². The lowest BCUT2D eigenvalue weighted by molar-refractivity contribution is 0.0948. The third-order valence-electron chi connectivity index (χ3n) is 2.38. The number of aromatic nitrogens is 3. The smallest absolute Gasteiger partial charge is 0.283 e. The number of H-pyrrole nitrogens is 1. The number of thioether (sulfide) groups is 1. The average molecular weight is 291 g/mol. The summed E-state index contributed by atoms with van der Waals surface area (Å²) in [6.45, 7) is 1.75. The highest BCUT2D eigenvalue weighted by molar-refractivity contribution is 7.98. The van der Waals surface area contributed by atoms with Crippen LogP contribution in [0.1, 0.15) is 21.9 Å². The maximum absolute atomic E-state index is 11.4. The molecule has 0 saturated carbocycles. The molecule has 0 unspecified atom stereocenters. The van der Waals surface area contributed by atoms with Crippen molar-refractivity contribution in [2.24, 2.45) is 5.84 Å². The number of nitrogens with zero attached hydrogens (tertiary/aromatic N) is 2. The van der Waals surface area contributed by atoms with Gasteiger partial charge in [-0.05, 0) is 19.1 Å². The predicted molar refractivity (Wildman–Crippen MR) is 75.0 cm³/mol. The highest BCUT2D eigenvalue weighted by Gasteiger charge is 2.07. The molecule has 0 spiro atoms. The summed E-state index contributed by atoms with van der Waals surface area (Å²) in [5, 5.41) is 0.519. The molecule has 2 heterocycles. The number of carbonyl (C=O) groups is 1. The number of pyridine rings is 1. The molecule has 0 radical (unpaired) electrons. The molecule has 104 valence electrons. The van der Waals surface area contributed by atoms with E-state index in [0.29, 0.717) is 22.3 Å². The van der Waals surface area contributed by atoms with Crippen molar-refractivity contribution >= 4 is 17.7 Å². The molecule has 0 fully saturated rings. The maximum Gasteiger partial charge on any atom is 0.283 e. The largest absolute Gasteiger partial charge is 0.301 e. The van der Waals surface area contributed by atoms with E-state index in [1.807, 2.05) is 5.43 Å². The van der Waals surface area contributed by atoms with Crippen LogP contribution in [0.5, 0.6) is 0 Å². The fourth-order valence-electron chi connectivity index (χ4n) is 1.52. The molecule has 0 atom stereocenters. The third-order valence-corrected chi connectivity index (χ3v) is 3.28. The van der Waals surface area contributed by atoms with Gasteiger partial charge < -0.3 is 4.98 Å². The van der Waals surface area contributed by atoms with Crippen molar-refractivity contribution in [2.75, 3.05) is 0 Å². The second-order valence-corrected chi connectivity index (χ2v) is 4.93. The van der Waals surface area contributed by atoms with Gasteiger partial charge in [-0.1, -0.05) is 17.8 Å². The summed E-state index contributed by atoms with van der Waals surface area (Å²) in [7, 11) is 0. The molecule has 2 aromatic rings. The first-order valence-corrected chi connectivity index (χ1v) is 6.74. The van der Waals surface area contributed by atoms with Gasteiger partial charge in [-0.3, -0.25) is 15.0 Å². The van der Waals surface area contributed by atoms with Gasteiger partial charge in [-0.25, -0.2) is 15.8 Å². The number of carbonyl (C=O) groups excluding carboxylic acids is 1. The van der Waals surface area contributed by atoms with E-state index in [9.17, 15) is 9.59 Å². The van der Waals surface area contributed by atoms with E-state index >= 15 is 0 Å². The van der Waals surface area contributed by atoms with Crippen LogP contribution >= 0.6 is 11.8 Å². The Balaban J connectivity index is 2.11. The number of aryl methyl sites for hydroxylation is 1. The number of aromatic amines is 1. The maximum atomic E-state index is 11.4.